The number of pyridine rings is 2. The van der Waals surface area contributed by atoms with Crippen LogP contribution in [0.3, 0.4) is 0 Å². The molecule has 0 atom stereocenters. The number of halogens is 1. The van der Waals surface area contributed by atoms with Crippen LogP contribution in [-0.2, 0) is 15.8 Å². The quantitative estimate of drug-likeness (QED) is 0.572. The van der Waals surface area contributed by atoms with Crippen molar-refractivity contribution >= 4 is 39.0 Å². The summed E-state index contributed by atoms with van der Waals surface area (Å²) in [7, 11) is -3.46. The molecule has 1 aliphatic heterocycles. The van der Waals surface area contributed by atoms with Crippen LogP contribution in [0.25, 0.3) is 5.65 Å². The van der Waals surface area contributed by atoms with Gasteiger partial charge in [0, 0.05) is 37.3 Å². The highest BCUT2D eigenvalue weighted by molar-refractivity contribution is 7.98. The molecule has 1 fully saturated rings. The predicted octanol–water partition coefficient (Wildman–Crippen LogP) is 2.82. The minimum absolute atomic E-state index is 0.205. The molecule has 0 radical (unpaired) electrons. The Morgan fingerprint density at radius 2 is 1.93 bits per heavy atom. The van der Waals surface area contributed by atoms with Crippen LogP contribution < -0.4 is 5.56 Å². The molecule has 3 aromatic rings. The summed E-state index contributed by atoms with van der Waals surface area (Å²) in [5, 5.41) is 1.13. The molecule has 4 rings (SSSR count). The molecule has 4 heterocycles. The van der Waals surface area contributed by atoms with Gasteiger partial charge >= 0.3 is 0 Å². The second-order valence-electron chi connectivity index (χ2n) is 6.39. The highest BCUT2D eigenvalue weighted by Crippen LogP contribution is 2.24. The van der Waals surface area contributed by atoms with Crippen LogP contribution in [0.15, 0.2) is 57.4 Å². The molecule has 0 aromatic carbocycles. The third-order valence-corrected chi connectivity index (χ3v) is 7.54. The number of hydrogen-bond donors (Lipinski definition) is 0. The fourth-order valence-electron chi connectivity index (χ4n) is 3.03. The molecule has 0 aliphatic carbocycles. The lowest BCUT2D eigenvalue weighted by Crippen LogP contribution is -2.27. The van der Waals surface area contributed by atoms with Crippen LogP contribution in [0.5, 0.6) is 0 Å². The van der Waals surface area contributed by atoms with E-state index in [4.69, 9.17) is 11.6 Å². The molecule has 0 N–H and O–H groups in total. The summed E-state index contributed by atoms with van der Waals surface area (Å²) in [5.41, 5.74) is 0.934. The summed E-state index contributed by atoms with van der Waals surface area (Å²) in [6, 6.07) is 8.09. The summed E-state index contributed by atoms with van der Waals surface area (Å²) in [4.78, 5) is 21.1. The highest BCUT2D eigenvalue weighted by Gasteiger charge is 2.27. The van der Waals surface area contributed by atoms with Gasteiger partial charge in [0.15, 0.2) is 0 Å². The fourth-order valence-corrected chi connectivity index (χ4v) is 5.39. The number of aromatic nitrogens is 3. The molecule has 0 spiro atoms. The number of nitrogens with zero attached hydrogens (tertiary/aromatic N) is 4. The predicted molar refractivity (Wildman–Crippen MR) is 108 cm³/mol. The number of hydrogen-bond acceptors (Lipinski definition) is 6. The van der Waals surface area contributed by atoms with Gasteiger partial charge in [0.05, 0.1) is 15.7 Å². The Hall–Kier alpha value is -1.94. The van der Waals surface area contributed by atoms with Crippen LogP contribution in [-0.4, -0.2) is 40.2 Å². The molecule has 7 nitrogen and oxygen atoms in total. The Balaban J connectivity index is 1.49. The van der Waals surface area contributed by atoms with Gasteiger partial charge in [-0.3, -0.25) is 9.20 Å². The van der Waals surface area contributed by atoms with Crippen molar-refractivity contribution in [3.05, 3.63) is 63.8 Å². The molecule has 146 valence electrons. The molecule has 0 amide bonds. The molecule has 1 aliphatic rings. The Morgan fingerprint density at radius 3 is 2.64 bits per heavy atom. The van der Waals surface area contributed by atoms with Crippen molar-refractivity contribution in [3.63, 3.8) is 0 Å². The Labute approximate surface area is 171 Å². The molecule has 3 aromatic heterocycles. The molecule has 0 saturated carbocycles. The van der Waals surface area contributed by atoms with E-state index in [1.165, 1.54) is 38.9 Å². The Bertz CT molecular complexity index is 1170. The zero-order valence-corrected chi connectivity index (χ0v) is 17.2. The lowest BCUT2D eigenvalue weighted by molar-refractivity contribution is 0.477. The standard InChI is InChI=1S/C18H17ClN4O3S2/c19-13-3-5-16-21-14(9-18(24)23(16)11-13)12-27-17-6-4-15(10-20-17)28(25,26)22-7-1-2-8-22/h3-6,9-11H,1-2,7-8,12H2. The van der Waals surface area contributed by atoms with Crippen molar-refractivity contribution in [1.29, 1.82) is 0 Å². The van der Waals surface area contributed by atoms with Crippen LogP contribution in [0.4, 0.5) is 0 Å². The van der Waals surface area contributed by atoms with Crippen molar-refractivity contribution in [2.75, 3.05) is 13.1 Å². The monoisotopic (exact) mass is 436 g/mol. The maximum Gasteiger partial charge on any atom is 0.258 e. The normalized spacial score (nSPS) is 15.3. The largest absolute Gasteiger partial charge is 0.269 e. The average molecular weight is 437 g/mol. The van der Waals surface area contributed by atoms with E-state index in [-0.39, 0.29) is 10.5 Å². The van der Waals surface area contributed by atoms with Gasteiger partial charge in [-0.25, -0.2) is 18.4 Å². The van der Waals surface area contributed by atoms with Crippen LogP contribution in [0.2, 0.25) is 5.02 Å². The van der Waals surface area contributed by atoms with Gasteiger partial charge in [0.25, 0.3) is 5.56 Å². The average Bonchev–Trinajstić information content (AvgIpc) is 3.23. The van der Waals surface area contributed by atoms with E-state index < -0.39 is 10.0 Å². The number of sulfonamides is 1. The molecule has 1 saturated heterocycles. The topological polar surface area (TPSA) is 84.6 Å². The van der Waals surface area contributed by atoms with Crippen molar-refractivity contribution < 1.29 is 8.42 Å². The van der Waals surface area contributed by atoms with Gasteiger partial charge < -0.3 is 0 Å². The van der Waals surface area contributed by atoms with Crippen LogP contribution in [0, 0.1) is 0 Å². The third-order valence-electron chi connectivity index (χ3n) is 4.46. The number of thioether (sulfide) groups is 1. The zero-order valence-electron chi connectivity index (χ0n) is 14.8. The first kappa shape index (κ1) is 19.4. The number of fused-ring (bicyclic) bond motifs is 1. The maximum atomic E-state index is 12.5. The second kappa shape index (κ2) is 7.82. The summed E-state index contributed by atoms with van der Waals surface area (Å²) >= 11 is 7.30. The van der Waals surface area contributed by atoms with Crippen molar-refractivity contribution in [1.82, 2.24) is 18.7 Å². The molecule has 10 heteroatoms. The van der Waals surface area contributed by atoms with Crippen LogP contribution in [0.1, 0.15) is 18.5 Å². The third kappa shape index (κ3) is 3.93. The van der Waals surface area contributed by atoms with Crippen molar-refractivity contribution in [2.24, 2.45) is 0 Å². The first-order chi connectivity index (χ1) is 13.4. The zero-order chi connectivity index (χ0) is 19.7. The molecule has 28 heavy (non-hydrogen) atoms. The van der Waals surface area contributed by atoms with Gasteiger partial charge in [-0.05, 0) is 37.1 Å². The van der Waals surface area contributed by atoms with Crippen molar-refractivity contribution in [2.45, 2.75) is 28.5 Å². The van der Waals surface area contributed by atoms with Crippen molar-refractivity contribution in [3.8, 4) is 0 Å². The lowest BCUT2D eigenvalue weighted by atomic mass is 10.4. The summed E-state index contributed by atoms with van der Waals surface area (Å²) in [6.45, 7) is 1.13. The van der Waals surface area contributed by atoms with Gasteiger partial charge in [0.1, 0.15) is 10.5 Å². The smallest absolute Gasteiger partial charge is 0.258 e. The molecule has 0 bridgehead atoms. The molecular formula is C18H17ClN4O3S2. The fraction of sp³-hybridized carbons (Fsp3) is 0.278. The van der Waals surface area contributed by atoms with E-state index in [9.17, 15) is 13.2 Å². The van der Waals surface area contributed by atoms with E-state index >= 15 is 0 Å². The van der Waals surface area contributed by atoms with E-state index in [1.54, 1.807) is 24.3 Å². The molecular weight excluding hydrogens is 420 g/mol. The maximum absolute atomic E-state index is 12.5. The Morgan fingerprint density at radius 1 is 1.14 bits per heavy atom. The summed E-state index contributed by atoms with van der Waals surface area (Å²) in [5.74, 6) is 0.444. The summed E-state index contributed by atoms with van der Waals surface area (Å²) in [6.07, 6.45) is 4.71. The van der Waals surface area contributed by atoms with Gasteiger partial charge in [-0.2, -0.15) is 4.31 Å². The summed E-state index contributed by atoms with van der Waals surface area (Å²) < 4.78 is 28.0. The minimum Gasteiger partial charge on any atom is -0.269 e. The lowest BCUT2D eigenvalue weighted by Gasteiger charge is -2.15. The SMILES string of the molecule is O=c1cc(CSc2ccc(S(=O)(=O)N3CCCC3)cn2)nc2ccc(Cl)cn12. The van der Waals surface area contributed by atoms with E-state index in [1.807, 2.05) is 0 Å². The van der Waals surface area contributed by atoms with E-state index in [0.717, 1.165) is 12.8 Å². The van der Waals surface area contributed by atoms with E-state index in [2.05, 4.69) is 9.97 Å². The van der Waals surface area contributed by atoms with Gasteiger partial charge in [-0.1, -0.05) is 11.6 Å². The highest BCUT2D eigenvalue weighted by atomic mass is 35.5. The van der Waals surface area contributed by atoms with Gasteiger partial charge in [-0.15, -0.1) is 11.8 Å². The van der Waals surface area contributed by atoms with Gasteiger partial charge in [0.2, 0.25) is 10.0 Å². The van der Waals surface area contributed by atoms with Crippen LogP contribution >= 0.6 is 23.4 Å². The first-order valence-electron chi connectivity index (χ1n) is 8.70. The molecule has 0 unspecified atom stereocenters. The number of rotatable bonds is 5. The second-order valence-corrected chi connectivity index (χ2v) is 9.76. The van der Waals surface area contributed by atoms with E-state index in [0.29, 0.717) is 40.2 Å². The minimum atomic E-state index is -3.46. The Kier molecular flexibility index (Phi) is 5.42. The first-order valence-corrected chi connectivity index (χ1v) is 11.5.